The Morgan fingerprint density at radius 1 is 1.35 bits per heavy atom. The summed E-state index contributed by atoms with van der Waals surface area (Å²) in [6, 6.07) is 5.12. The molecule has 2 unspecified atom stereocenters. The third kappa shape index (κ3) is 4.66. The molecule has 0 aromatic carbocycles. The molecular weight excluding hydrogens is 294 g/mol. The topological polar surface area (TPSA) is 91.5 Å². The van der Waals surface area contributed by atoms with Crippen molar-refractivity contribution in [1.29, 1.82) is 0 Å². The minimum Gasteiger partial charge on any atom is -0.393 e. The number of aliphatic hydroxyl groups excluding tert-OH is 1. The van der Waals surface area contributed by atoms with Crippen molar-refractivity contribution in [2.24, 2.45) is 5.41 Å². The lowest BCUT2D eigenvalue weighted by atomic mass is 9.87. The fourth-order valence-corrected chi connectivity index (χ4v) is 2.66. The summed E-state index contributed by atoms with van der Waals surface area (Å²) in [5.41, 5.74) is 0.575. The van der Waals surface area contributed by atoms with Gasteiger partial charge >= 0.3 is 6.03 Å². The third-order valence-electron chi connectivity index (χ3n) is 3.65. The maximum absolute atomic E-state index is 12.1. The molecule has 0 aliphatic heterocycles. The van der Waals surface area contributed by atoms with Crippen LogP contribution in [0.25, 0.3) is 5.65 Å². The van der Waals surface area contributed by atoms with Crippen molar-refractivity contribution in [3.8, 4) is 0 Å². The lowest BCUT2D eigenvalue weighted by Crippen LogP contribution is -2.42. The highest BCUT2D eigenvalue weighted by molar-refractivity contribution is 5.74. The Labute approximate surface area is 136 Å². The Hall–Kier alpha value is -2.15. The van der Waals surface area contributed by atoms with E-state index in [1.807, 2.05) is 49.6 Å². The van der Waals surface area contributed by atoms with Gasteiger partial charge in [0.2, 0.25) is 0 Å². The van der Waals surface area contributed by atoms with E-state index in [-0.39, 0.29) is 17.5 Å². The first-order valence-electron chi connectivity index (χ1n) is 7.80. The number of amides is 2. The van der Waals surface area contributed by atoms with Gasteiger partial charge in [0.1, 0.15) is 0 Å². The largest absolute Gasteiger partial charge is 0.393 e. The molecule has 0 saturated heterocycles. The zero-order valence-electron chi connectivity index (χ0n) is 14.1. The molecule has 2 heterocycles. The van der Waals surface area contributed by atoms with E-state index < -0.39 is 6.10 Å². The molecule has 0 spiro atoms. The van der Waals surface area contributed by atoms with Gasteiger partial charge in [0.25, 0.3) is 0 Å². The van der Waals surface area contributed by atoms with Crippen LogP contribution < -0.4 is 10.6 Å². The minimum absolute atomic E-state index is 0.170. The molecule has 2 amide bonds. The fraction of sp³-hybridized carbons (Fsp3) is 0.562. The summed E-state index contributed by atoms with van der Waals surface area (Å²) < 4.78 is 1.85. The number of carbonyl (C=O) groups is 1. The first-order valence-corrected chi connectivity index (χ1v) is 7.80. The lowest BCUT2D eigenvalue weighted by molar-refractivity contribution is 0.128. The average molecular weight is 319 g/mol. The van der Waals surface area contributed by atoms with Gasteiger partial charge in [-0.1, -0.05) is 19.9 Å². The van der Waals surface area contributed by atoms with Crippen molar-refractivity contribution < 1.29 is 9.90 Å². The summed E-state index contributed by atoms with van der Waals surface area (Å²) in [7, 11) is 0. The van der Waals surface area contributed by atoms with Crippen LogP contribution >= 0.6 is 0 Å². The van der Waals surface area contributed by atoms with Gasteiger partial charge in [-0.2, -0.15) is 0 Å². The average Bonchev–Trinajstić information content (AvgIpc) is 2.88. The van der Waals surface area contributed by atoms with E-state index in [2.05, 4.69) is 20.8 Å². The molecule has 2 aromatic rings. The quantitative estimate of drug-likeness (QED) is 0.758. The van der Waals surface area contributed by atoms with Crippen LogP contribution in [0.5, 0.6) is 0 Å². The number of hydrogen-bond acceptors (Lipinski definition) is 4. The van der Waals surface area contributed by atoms with Crippen LogP contribution in [0.1, 0.15) is 46.0 Å². The Balaban J connectivity index is 1.92. The van der Waals surface area contributed by atoms with Gasteiger partial charge in [-0.15, -0.1) is 10.2 Å². The first kappa shape index (κ1) is 17.2. The minimum atomic E-state index is -0.392. The molecule has 0 fully saturated rings. The fourth-order valence-electron chi connectivity index (χ4n) is 2.66. The Bertz CT molecular complexity index is 665. The summed E-state index contributed by atoms with van der Waals surface area (Å²) >= 11 is 0. The monoisotopic (exact) mass is 319 g/mol. The first-order chi connectivity index (χ1) is 10.8. The van der Waals surface area contributed by atoms with E-state index in [1.165, 1.54) is 0 Å². The predicted molar refractivity (Wildman–Crippen MR) is 88.0 cm³/mol. The van der Waals surface area contributed by atoms with Crippen molar-refractivity contribution in [3.05, 3.63) is 30.2 Å². The highest BCUT2D eigenvalue weighted by atomic mass is 16.3. The van der Waals surface area contributed by atoms with E-state index in [1.54, 1.807) is 6.92 Å². The second-order valence-electron chi connectivity index (χ2n) is 6.75. The summed E-state index contributed by atoms with van der Waals surface area (Å²) in [4.78, 5) is 12.1. The van der Waals surface area contributed by atoms with Crippen molar-refractivity contribution in [2.45, 2.75) is 46.3 Å². The number of aromatic nitrogens is 3. The van der Waals surface area contributed by atoms with Crippen LogP contribution in [0.4, 0.5) is 4.79 Å². The molecule has 23 heavy (non-hydrogen) atoms. The molecule has 3 N–H and O–H groups in total. The Morgan fingerprint density at radius 3 is 2.78 bits per heavy atom. The Morgan fingerprint density at radius 2 is 2.09 bits per heavy atom. The van der Waals surface area contributed by atoms with Crippen molar-refractivity contribution in [2.75, 3.05) is 6.54 Å². The van der Waals surface area contributed by atoms with Gasteiger partial charge in [0, 0.05) is 12.7 Å². The van der Waals surface area contributed by atoms with E-state index in [0.717, 1.165) is 5.65 Å². The van der Waals surface area contributed by atoms with Crippen LogP contribution in [0, 0.1) is 5.41 Å². The predicted octanol–water partition coefficient (Wildman–Crippen LogP) is 1.89. The number of nitrogens with one attached hydrogen (secondary N) is 2. The van der Waals surface area contributed by atoms with Crippen molar-refractivity contribution >= 4 is 11.7 Å². The molecule has 0 radical (unpaired) electrons. The van der Waals surface area contributed by atoms with Crippen molar-refractivity contribution in [3.63, 3.8) is 0 Å². The van der Waals surface area contributed by atoms with Gasteiger partial charge in [-0.25, -0.2) is 4.79 Å². The summed E-state index contributed by atoms with van der Waals surface area (Å²) in [6.07, 6.45) is 2.10. The molecule has 2 aromatic heterocycles. The molecule has 2 rings (SSSR count). The summed E-state index contributed by atoms with van der Waals surface area (Å²) in [5.74, 6) is 0.680. The van der Waals surface area contributed by atoms with Gasteiger partial charge in [0.15, 0.2) is 11.5 Å². The van der Waals surface area contributed by atoms with Crippen molar-refractivity contribution in [1.82, 2.24) is 25.2 Å². The van der Waals surface area contributed by atoms with Gasteiger partial charge < -0.3 is 15.7 Å². The highest BCUT2D eigenvalue weighted by Gasteiger charge is 2.22. The van der Waals surface area contributed by atoms with E-state index in [4.69, 9.17) is 0 Å². The van der Waals surface area contributed by atoms with Crippen LogP contribution in [0.2, 0.25) is 0 Å². The zero-order valence-corrected chi connectivity index (χ0v) is 14.1. The molecule has 0 saturated carbocycles. The van der Waals surface area contributed by atoms with Gasteiger partial charge in [0.05, 0.1) is 12.1 Å². The van der Waals surface area contributed by atoms with Gasteiger partial charge in [-0.3, -0.25) is 4.40 Å². The normalized spacial score (nSPS) is 14.5. The van der Waals surface area contributed by atoms with Crippen LogP contribution in [-0.4, -0.2) is 38.4 Å². The van der Waals surface area contributed by atoms with Gasteiger partial charge in [-0.05, 0) is 37.8 Å². The maximum Gasteiger partial charge on any atom is 0.315 e. The zero-order chi connectivity index (χ0) is 17.0. The smallest absolute Gasteiger partial charge is 0.315 e. The number of pyridine rings is 1. The number of nitrogens with zero attached hydrogens (tertiary/aromatic N) is 3. The number of hydrogen-bond donors (Lipinski definition) is 3. The van der Waals surface area contributed by atoms with E-state index in [0.29, 0.717) is 18.8 Å². The Kier molecular flexibility index (Phi) is 5.20. The molecule has 7 nitrogen and oxygen atoms in total. The second kappa shape index (κ2) is 6.95. The third-order valence-corrected chi connectivity index (χ3v) is 3.65. The molecular formula is C16H25N5O2. The van der Waals surface area contributed by atoms with Crippen LogP contribution in [0.3, 0.4) is 0 Å². The summed E-state index contributed by atoms with van der Waals surface area (Å²) in [5, 5.41) is 23.4. The lowest BCUT2D eigenvalue weighted by Gasteiger charge is -2.26. The van der Waals surface area contributed by atoms with Crippen LogP contribution in [0.15, 0.2) is 24.4 Å². The standard InChI is InChI=1S/C16H25N5O2/c1-11(22)9-16(3,4)10-17-15(23)18-12(2)14-20-19-13-7-5-6-8-21(13)14/h5-8,11-12,22H,9-10H2,1-4H3,(H2,17,18,23). The molecule has 126 valence electrons. The SMILES string of the molecule is CC(O)CC(C)(C)CNC(=O)NC(C)c1nnc2ccccn12. The number of fused-ring (bicyclic) bond motifs is 1. The summed E-state index contributed by atoms with van der Waals surface area (Å²) in [6.45, 7) is 8.12. The highest BCUT2D eigenvalue weighted by Crippen LogP contribution is 2.21. The van der Waals surface area contributed by atoms with Crippen LogP contribution in [-0.2, 0) is 0 Å². The second-order valence-corrected chi connectivity index (χ2v) is 6.75. The molecule has 0 aliphatic rings. The van der Waals surface area contributed by atoms with E-state index in [9.17, 15) is 9.90 Å². The number of carbonyl (C=O) groups excluding carboxylic acids is 1. The maximum atomic E-state index is 12.1. The van der Waals surface area contributed by atoms with E-state index >= 15 is 0 Å². The number of aliphatic hydroxyl groups is 1. The molecule has 0 aliphatic carbocycles. The molecule has 2 atom stereocenters. The number of urea groups is 1. The molecule has 7 heteroatoms. The molecule has 0 bridgehead atoms. The number of rotatable bonds is 6.